The average Bonchev–Trinajstić information content (AvgIpc) is 2.95. The molecule has 3 aromatic rings. The van der Waals surface area contributed by atoms with Crippen LogP contribution in [0.5, 0.6) is 0 Å². The quantitative estimate of drug-likeness (QED) is 0.450. The lowest BCUT2D eigenvalue weighted by Gasteiger charge is -2.04. The third-order valence-electron chi connectivity index (χ3n) is 3.70. The second kappa shape index (κ2) is 8.18. The number of methoxy groups -OCH3 is 1. The fourth-order valence-corrected chi connectivity index (χ4v) is 4.10. The molecule has 1 amide bonds. The Labute approximate surface area is 167 Å². The van der Waals surface area contributed by atoms with E-state index < -0.39 is 10.8 Å². The van der Waals surface area contributed by atoms with Gasteiger partial charge in [-0.1, -0.05) is 34.5 Å². The standard InChI is InChI=1S/C17H13Cl2N3O4S/c1-26-5-4-21-14-3-2-13(22(24)25)9-15(14)27-17(21)20-16(23)10-6-11(18)8-12(19)7-10/h2-3,6-9H,4-5H2,1H3. The van der Waals surface area contributed by atoms with E-state index in [0.717, 1.165) is 5.52 Å². The first-order valence-corrected chi connectivity index (χ1v) is 9.28. The summed E-state index contributed by atoms with van der Waals surface area (Å²) in [6.45, 7) is 0.837. The highest BCUT2D eigenvalue weighted by Crippen LogP contribution is 2.24. The van der Waals surface area contributed by atoms with Crippen molar-refractivity contribution in [3.8, 4) is 0 Å². The Kier molecular flexibility index (Phi) is 5.91. The Bertz CT molecular complexity index is 1090. The molecule has 140 valence electrons. The van der Waals surface area contributed by atoms with E-state index in [1.807, 2.05) is 0 Å². The molecule has 3 rings (SSSR count). The molecule has 0 saturated carbocycles. The molecule has 27 heavy (non-hydrogen) atoms. The first kappa shape index (κ1) is 19.5. The normalized spacial score (nSPS) is 11.9. The molecule has 0 fully saturated rings. The van der Waals surface area contributed by atoms with Gasteiger partial charge in [0.15, 0.2) is 4.80 Å². The summed E-state index contributed by atoms with van der Waals surface area (Å²) in [6.07, 6.45) is 0. The van der Waals surface area contributed by atoms with Crippen LogP contribution in [-0.4, -0.2) is 29.1 Å². The van der Waals surface area contributed by atoms with Crippen LogP contribution in [0.15, 0.2) is 41.4 Å². The number of amides is 1. The van der Waals surface area contributed by atoms with E-state index in [2.05, 4.69) is 4.99 Å². The minimum atomic E-state index is -0.508. The maximum absolute atomic E-state index is 12.6. The highest BCUT2D eigenvalue weighted by atomic mass is 35.5. The van der Waals surface area contributed by atoms with E-state index in [1.165, 1.54) is 41.7 Å². The summed E-state index contributed by atoms with van der Waals surface area (Å²) >= 11 is 13.1. The van der Waals surface area contributed by atoms with Gasteiger partial charge in [0.2, 0.25) is 0 Å². The third-order valence-corrected chi connectivity index (χ3v) is 5.18. The van der Waals surface area contributed by atoms with Gasteiger partial charge in [0, 0.05) is 41.4 Å². The maximum atomic E-state index is 12.6. The van der Waals surface area contributed by atoms with Gasteiger partial charge in [-0.2, -0.15) is 4.99 Å². The number of nitrogens with zero attached hydrogens (tertiary/aromatic N) is 3. The Morgan fingerprint density at radius 2 is 1.96 bits per heavy atom. The SMILES string of the molecule is COCCn1c(=NC(=O)c2cc(Cl)cc(Cl)c2)sc2cc([N+](=O)[O-])ccc21. The highest BCUT2D eigenvalue weighted by Gasteiger charge is 2.14. The van der Waals surface area contributed by atoms with E-state index in [1.54, 1.807) is 17.7 Å². The summed E-state index contributed by atoms with van der Waals surface area (Å²) < 4.78 is 7.55. The molecule has 0 radical (unpaired) electrons. The summed E-state index contributed by atoms with van der Waals surface area (Å²) in [5.74, 6) is -0.508. The van der Waals surface area contributed by atoms with Crippen molar-refractivity contribution in [3.63, 3.8) is 0 Å². The molecule has 2 aromatic carbocycles. The molecule has 0 N–H and O–H groups in total. The second-order valence-corrected chi connectivity index (χ2v) is 7.40. The Morgan fingerprint density at radius 1 is 1.26 bits per heavy atom. The lowest BCUT2D eigenvalue weighted by Crippen LogP contribution is -2.19. The van der Waals surface area contributed by atoms with Crippen LogP contribution in [0.4, 0.5) is 5.69 Å². The zero-order chi connectivity index (χ0) is 19.6. The fourth-order valence-electron chi connectivity index (χ4n) is 2.49. The van der Waals surface area contributed by atoms with Crippen molar-refractivity contribution < 1.29 is 14.5 Å². The van der Waals surface area contributed by atoms with Crippen LogP contribution in [0.1, 0.15) is 10.4 Å². The number of rotatable bonds is 5. The van der Waals surface area contributed by atoms with E-state index in [-0.39, 0.29) is 11.3 Å². The predicted molar refractivity (Wildman–Crippen MR) is 105 cm³/mol. The third kappa shape index (κ3) is 4.36. The van der Waals surface area contributed by atoms with Gasteiger partial charge in [-0.3, -0.25) is 14.9 Å². The van der Waals surface area contributed by atoms with Crippen LogP contribution in [-0.2, 0) is 11.3 Å². The number of benzene rings is 2. The topological polar surface area (TPSA) is 86.7 Å². The first-order chi connectivity index (χ1) is 12.9. The van der Waals surface area contributed by atoms with Crippen LogP contribution in [0.2, 0.25) is 10.0 Å². The molecule has 0 saturated heterocycles. The van der Waals surface area contributed by atoms with E-state index in [0.29, 0.717) is 32.7 Å². The van der Waals surface area contributed by atoms with Gasteiger partial charge in [-0.05, 0) is 24.3 Å². The molecular weight excluding hydrogens is 413 g/mol. The monoisotopic (exact) mass is 425 g/mol. The number of aromatic nitrogens is 1. The van der Waals surface area contributed by atoms with Crippen LogP contribution >= 0.6 is 34.5 Å². The van der Waals surface area contributed by atoms with Crippen molar-refractivity contribution in [2.45, 2.75) is 6.54 Å². The first-order valence-electron chi connectivity index (χ1n) is 7.71. The van der Waals surface area contributed by atoms with Gasteiger partial charge in [0.1, 0.15) is 0 Å². The number of thiazole rings is 1. The molecule has 1 heterocycles. The van der Waals surface area contributed by atoms with Crippen molar-refractivity contribution in [2.24, 2.45) is 4.99 Å². The molecule has 10 heteroatoms. The van der Waals surface area contributed by atoms with Gasteiger partial charge in [-0.15, -0.1) is 0 Å². The summed E-state index contributed by atoms with van der Waals surface area (Å²) in [7, 11) is 1.57. The van der Waals surface area contributed by atoms with Crippen molar-refractivity contribution in [3.05, 3.63) is 66.9 Å². The zero-order valence-electron chi connectivity index (χ0n) is 14.0. The predicted octanol–water partition coefficient (Wildman–Crippen LogP) is 4.31. The molecule has 0 spiro atoms. The minimum absolute atomic E-state index is 0.0258. The molecule has 0 bridgehead atoms. The largest absolute Gasteiger partial charge is 0.383 e. The molecule has 1 aromatic heterocycles. The van der Waals surface area contributed by atoms with Gasteiger partial charge < -0.3 is 9.30 Å². The average molecular weight is 426 g/mol. The number of nitro groups is 1. The number of nitro benzene ring substituents is 1. The number of hydrogen-bond donors (Lipinski definition) is 0. The smallest absolute Gasteiger partial charge is 0.279 e. The van der Waals surface area contributed by atoms with Crippen LogP contribution in [0, 0.1) is 10.1 Å². The molecule has 0 aliphatic heterocycles. The molecular formula is C17H13Cl2N3O4S. The lowest BCUT2D eigenvalue weighted by atomic mass is 10.2. The molecule has 0 aliphatic carbocycles. The second-order valence-electron chi connectivity index (χ2n) is 5.51. The highest BCUT2D eigenvalue weighted by molar-refractivity contribution is 7.16. The van der Waals surface area contributed by atoms with Crippen molar-refractivity contribution in [1.29, 1.82) is 0 Å². The molecule has 0 unspecified atom stereocenters. The molecule has 7 nitrogen and oxygen atoms in total. The lowest BCUT2D eigenvalue weighted by molar-refractivity contribution is -0.384. The van der Waals surface area contributed by atoms with E-state index in [9.17, 15) is 14.9 Å². The van der Waals surface area contributed by atoms with Crippen molar-refractivity contribution >= 4 is 56.3 Å². The number of ether oxygens (including phenoxy) is 1. The Hall–Kier alpha value is -2.26. The Balaban J connectivity index is 2.14. The number of fused-ring (bicyclic) bond motifs is 1. The summed E-state index contributed by atoms with van der Waals surface area (Å²) in [6, 6.07) is 9.01. The molecule has 0 aliphatic rings. The summed E-state index contributed by atoms with van der Waals surface area (Å²) in [5, 5.41) is 11.7. The number of carbonyl (C=O) groups excluding carboxylic acids is 1. The van der Waals surface area contributed by atoms with Crippen LogP contribution < -0.4 is 4.80 Å². The number of carbonyl (C=O) groups is 1. The van der Waals surface area contributed by atoms with Gasteiger partial charge in [0.05, 0.1) is 21.7 Å². The van der Waals surface area contributed by atoms with Gasteiger partial charge in [-0.25, -0.2) is 0 Å². The summed E-state index contributed by atoms with van der Waals surface area (Å²) in [4.78, 5) is 27.7. The Morgan fingerprint density at radius 3 is 2.59 bits per heavy atom. The zero-order valence-corrected chi connectivity index (χ0v) is 16.3. The number of non-ortho nitro benzene ring substituents is 1. The number of halogens is 2. The van der Waals surface area contributed by atoms with Crippen LogP contribution in [0.25, 0.3) is 10.2 Å². The van der Waals surface area contributed by atoms with Crippen molar-refractivity contribution in [1.82, 2.24) is 4.57 Å². The number of hydrogen-bond acceptors (Lipinski definition) is 5. The van der Waals surface area contributed by atoms with Gasteiger partial charge >= 0.3 is 0 Å². The fraction of sp³-hybridized carbons (Fsp3) is 0.176. The van der Waals surface area contributed by atoms with Crippen LogP contribution in [0.3, 0.4) is 0 Å². The van der Waals surface area contributed by atoms with Gasteiger partial charge in [0.25, 0.3) is 11.6 Å². The minimum Gasteiger partial charge on any atom is -0.383 e. The van der Waals surface area contributed by atoms with E-state index in [4.69, 9.17) is 27.9 Å². The maximum Gasteiger partial charge on any atom is 0.279 e. The van der Waals surface area contributed by atoms with Crippen molar-refractivity contribution in [2.75, 3.05) is 13.7 Å². The van der Waals surface area contributed by atoms with E-state index >= 15 is 0 Å². The summed E-state index contributed by atoms with van der Waals surface area (Å²) in [5.41, 5.74) is 0.967. The molecule has 0 atom stereocenters.